The van der Waals surface area contributed by atoms with Gasteiger partial charge in [-0.05, 0) is 12.1 Å². The molecule has 0 aliphatic carbocycles. The quantitative estimate of drug-likeness (QED) is 0.662. The molecule has 0 spiro atoms. The minimum atomic E-state index is 0.535. The number of hydrogen-bond acceptors (Lipinski definition) is 4. The number of nitrogens with two attached hydrogens (primary N) is 1. The van der Waals surface area contributed by atoms with Crippen molar-refractivity contribution in [1.29, 1.82) is 0 Å². The Bertz CT molecular complexity index is 442. The van der Waals surface area contributed by atoms with E-state index >= 15 is 0 Å². The number of benzene rings is 1. The van der Waals surface area contributed by atoms with Crippen LogP contribution in [0.25, 0.3) is 11.0 Å². The summed E-state index contributed by atoms with van der Waals surface area (Å²) in [4.78, 5) is 8.24. The fourth-order valence-electron chi connectivity index (χ4n) is 1.22. The highest BCUT2D eigenvalue weighted by Crippen LogP contribution is 2.27. The molecule has 0 unspecified atom stereocenters. The van der Waals surface area contributed by atoms with Gasteiger partial charge in [-0.25, -0.2) is 0 Å². The van der Waals surface area contributed by atoms with Crippen LogP contribution in [-0.2, 0) is 0 Å². The van der Waals surface area contributed by atoms with E-state index in [0.717, 1.165) is 5.52 Å². The van der Waals surface area contributed by atoms with Gasteiger partial charge in [0.15, 0.2) is 0 Å². The van der Waals surface area contributed by atoms with E-state index in [1.807, 2.05) is 6.07 Å². The normalized spacial score (nSPS) is 10.2. The van der Waals surface area contributed by atoms with Gasteiger partial charge in [-0.1, -0.05) is 0 Å². The molecule has 0 bridgehead atoms. The molecule has 2 rings (SSSR count). The first-order valence-electron chi connectivity index (χ1n) is 3.86. The summed E-state index contributed by atoms with van der Waals surface area (Å²) >= 11 is 0. The SMILES string of the molecule is COc1ccc2nccnc2c1N. The van der Waals surface area contributed by atoms with Gasteiger partial charge in [-0.3, -0.25) is 9.97 Å². The molecule has 1 aromatic heterocycles. The Morgan fingerprint density at radius 1 is 1.23 bits per heavy atom. The molecule has 2 aromatic rings. The molecule has 1 aromatic carbocycles. The Balaban J connectivity index is 2.79. The number of anilines is 1. The van der Waals surface area contributed by atoms with E-state index in [4.69, 9.17) is 10.5 Å². The first-order valence-corrected chi connectivity index (χ1v) is 3.86. The second-order valence-electron chi connectivity index (χ2n) is 2.61. The summed E-state index contributed by atoms with van der Waals surface area (Å²) in [5.74, 6) is 0.632. The second-order valence-corrected chi connectivity index (χ2v) is 2.61. The largest absolute Gasteiger partial charge is 0.495 e. The lowest BCUT2D eigenvalue weighted by Crippen LogP contribution is -1.95. The van der Waals surface area contributed by atoms with Crippen LogP contribution < -0.4 is 10.5 Å². The molecule has 0 fully saturated rings. The average Bonchev–Trinajstić information content (AvgIpc) is 2.19. The number of hydrogen-bond donors (Lipinski definition) is 1. The van der Waals surface area contributed by atoms with Gasteiger partial charge in [-0.2, -0.15) is 0 Å². The smallest absolute Gasteiger partial charge is 0.144 e. The molecule has 2 N–H and O–H groups in total. The van der Waals surface area contributed by atoms with Crippen molar-refractivity contribution in [2.45, 2.75) is 0 Å². The molecule has 4 nitrogen and oxygen atoms in total. The predicted octanol–water partition coefficient (Wildman–Crippen LogP) is 1.22. The molecule has 0 amide bonds. The summed E-state index contributed by atoms with van der Waals surface area (Å²) in [6, 6.07) is 3.61. The second kappa shape index (κ2) is 2.90. The van der Waals surface area contributed by atoms with Crippen molar-refractivity contribution in [3.8, 4) is 5.75 Å². The fraction of sp³-hybridized carbons (Fsp3) is 0.111. The number of nitrogens with zero attached hydrogens (tertiary/aromatic N) is 2. The molecule has 13 heavy (non-hydrogen) atoms. The van der Waals surface area contributed by atoms with E-state index in [1.54, 1.807) is 25.6 Å². The van der Waals surface area contributed by atoms with Gasteiger partial charge < -0.3 is 10.5 Å². The lowest BCUT2D eigenvalue weighted by Gasteiger charge is -2.05. The molecule has 4 heteroatoms. The van der Waals surface area contributed by atoms with E-state index in [1.165, 1.54) is 0 Å². The van der Waals surface area contributed by atoms with Crippen molar-refractivity contribution in [3.63, 3.8) is 0 Å². The molecule has 1 heterocycles. The summed E-state index contributed by atoms with van der Waals surface area (Å²) in [5.41, 5.74) is 7.80. The minimum Gasteiger partial charge on any atom is -0.495 e. The summed E-state index contributed by atoms with van der Waals surface area (Å²) in [6.07, 6.45) is 3.24. The van der Waals surface area contributed by atoms with Crippen LogP contribution in [-0.4, -0.2) is 17.1 Å². The third kappa shape index (κ3) is 1.16. The Labute approximate surface area is 75.4 Å². The lowest BCUT2D eigenvalue weighted by atomic mass is 10.2. The molecular formula is C9H9N3O. The molecule has 0 radical (unpaired) electrons. The summed E-state index contributed by atoms with van der Waals surface area (Å²) in [7, 11) is 1.58. The van der Waals surface area contributed by atoms with E-state index in [9.17, 15) is 0 Å². The number of aromatic nitrogens is 2. The third-order valence-corrected chi connectivity index (χ3v) is 1.86. The Kier molecular flexibility index (Phi) is 1.73. The van der Waals surface area contributed by atoms with Gasteiger partial charge in [0, 0.05) is 12.4 Å². The summed E-state index contributed by atoms with van der Waals surface area (Å²) < 4.78 is 5.06. The average molecular weight is 175 g/mol. The highest BCUT2D eigenvalue weighted by molar-refractivity contribution is 5.89. The maximum Gasteiger partial charge on any atom is 0.144 e. The Morgan fingerprint density at radius 3 is 2.77 bits per heavy atom. The summed E-state index contributed by atoms with van der Waals surface area (Å²) in [6.45, 7) is 0. The van der Waals surface area contributed by atoms with Crippen LogP contribution in [0.1, 0.15) is 0 Å². The van der Waals surface area contributed by atoms with E-state index in [0.29, 0.717) is 17.0 Å². The van der Waals surface area contributed by atoms with E-state index in [2.05, 4.69) is 9.97 Å². The third-order valence-electron chi connectivity index (χ3n) is 1.86. The highest BCUT2D eigenvalue weighted by Gasteiger charge is 2.04. The van der Waals surface area contributed by atoms with Crippen LogP contribution in [0.5, 0.6) is 5.75 Å². The van der Waals surface area contributed by atoms with Crippen LogP contribution in [0.15, 0.2) is 24.5 Å². The standard InChI is InChI=1S/C9H9N3O/c1-13-7-3-2-6-9(8(7)10)12-5-4-11-6/h2-5H,10H2,1H3. The van der Waals surface area contributed by atoms with Crippen molar-refractivity contribution >= 4 is 16.7 Å². The molecule has 0 aliphatic heterocycles. The van der Waals surface area contributed by atoms with Gasteiger partial charge in [-0.15, -0.1) is 0 Å². The van der Waals surface area contributed by atoms with Crippen LogP contribution in [0.3, 0.4) is 0 Å². The zero-order valence-corrected chi connectivity index (χ0v) is 7.19. The molecule has 0 saturated carbocycles. The molecule has 0 atom stereocenters. The van der Waals surface area contributed by atoms with Crippen molar-refractivity contribution < 1.29 is 4.74 Å². The first kappa shape index (κ1) is 7.79. The Morgan fingerprint density at radius 2 is 2.00 bits per heavy atom. The van der Waals surface area contributed by atoms with Gasteiger partial charge in [0.2, 0.25) is 0 Å². The molecule has 0 aliphatic rings. The molecule has 66 valence electrons. The highest BCUT2D eigenvalue weighted by atomic mass is 16.5. The van der Waals surface area contributed by atoms with E-state index in [-0.39, 0.29) is 0 Å². The summed E-state index contributed by atoms with van der Waals surface area (Å²) in [5, 5.41) is 0. The van der Waals surface area contributed by atoms with Crippen molar-refractivity contribution in [3.05, 3.63) is 24.5 Å². The van der Waals surface area contributed by atoms with Crippen LogP contribution >= 0.6 is 0 Å². The molecular weight excluding hydrogens is 166 g/mol. The number of nitrogen functional groups attached to an aromatic ring is 1. The minimum absolute atomic E-state index is 0.535. The zero-order valence-electron chi connectivity index (χ0n) is 7.19. The number of ether oxygens (including phenoxy) is 1. The maximum atomic E-state index is 5.80. The number of methoxy groups -OCH3 is 1. The van der Waals surface area contributed by atoms with Crippen molar-refractivity contribution in [2.75, 3.05) is 12.8 Å². The number of fused-ring (bicyclic) bond motifs is 1. The van der Waals surface area contributed by atoms with Gasteiger partial charge in [0.05, 0.1) is 12.6 Å². The fourth-order valence-corrected chi connectivity index (χ4v) is 1.22. The van der Waals surface area contributed by atoms with Crippen molar-refractivity contribution in [2.24, 2.45) is 0 Å². The Hall–Kier alpha value is -1.84. The predicted molar refractivity (Wildman–Crippen MR) is 50.5 cm³/mol. The first-order chi connectivity index (χ1) is 6.33. The van der Waals surface area contributed by atoms with Crippen LogP contribution in [0, 0.1) is 0 Å². The number of rotatable bonds is 1. The van der Waals surface area contributed by atoms with Crippen molar-refractivity contribution in [1.82, 2.24) is 9.97 Å². The maximum absolute atomic E-state index is 5.80. The lowest BCUT2D eigenvalue weighted by molar-refractivity contribution is 0.417. The monoisotopic (exact) mass is 175 g/mol. The molecule has 0 saturated heterocycles. The topological polar surface area (TPSA) is 61.0 Å². The van der Waals surface area contributed by atoms with Crippen LogP contribution in [0.2, 0.25) is 0 Å². The zero-order chi connectivity index (χ0) is 9.26. The van der Waals surface area contributed by atoms with Gasteiger partial charge in [0.25, 0.3) is 0 Å². The van der Waals surface area contributed by atoms with Gasteiger partial charge >= 0.3 is 0 Å². The van der Waals surface area contributed by atoms with Crippen LogP contribution in [0.4, 0.5) is 5.69 Å². The van der Waals surface area contributed by atoms with Gasteiger partial charge in [0.1, 0.15) is 17.0 Å². The van der Waals surface area contributed by atoms with E-state index < -0.39 is 0 Å².